The molecule has 0 bridgehead atoms. The van der Waals surface area contributed by atoms with Crippen molar-refractivity contribution in [2.24, 2.45) is 0 Å². The Balaban J connectivity index is 1.39. The first-order valence-corrected chi connectivity index (χ1v) is 13.7. The predicted molar refractivity (Wildman–Crippen MR) is 147 cm³/mol. The Labute approximate surface area is 219 Å². The number of hydrogen-bond donors (Lipinski definition) is 2. The lowest BCUT2D eigenvalue weighted by Crippen LogP contribution is -2.49. The Bertz CT molecular complexity index is 1180. The quantitative estimate of drug-likeness (QED) is 0.396. The van der Waals surface area contributed by atoms with Crippen LogP contribution in [0.25, 0.3) is 11.3 Å². The second kappa shape index (κ2) is 11.8. The molecule has 1 aliphatic carbocycles. The van der Waals surface area contributed by atoms with Crippen molar-refractivity contribution in [2.75, 3.05) is 18.1 Å². The van der Waals surface area contributed by atoms with Gasteiger partial charge in [0, 0.05) is 24.5 Å². The molecule has 3 aromatic rings. The lowest BCUT2D eigenvalue weighted by Gasteiger charge is -2.29. The fourth-order valence-electron chi connectivity index (χ4n) is 5.58. The normalized spacial score (nSPS) is 18.9. The number of aromatic nitrogens is 1. The number of benzene rings is 2. The average Bonchev–Trinajstić information content (AvgIpc) is 3.66. The standard InChI is InChI=1S/C31H37N3O3/c1-22(30(35)32-21-27-13-8-20-37-27)34(26-16-14-24(15-17-26)23-9-4-2-5-10-23)31(36)29-19-18-28(33-29)25-11-6-3-7-12-25/h3,6-7,11-12,14-19,22-23,27,33H,2,4-5,8-10,13,20-21H2,1H3,(H,32,35). The van der Waals surface area contributed by atoms with Gasteiger partial charge in [-0.1, -0.05) is 61.7 Å². The summed E-state index contributed by atoms with van der Waals surface area (Å²) in [6.45, 7) is 3.00. The van der Waals surface area contributed by atoms with Crippen LogP contribution in [0, 0.1) is 0 Å². The maximum Gasteiger partial charge on any atom is 0.275 e. The number of carbonyl (C=O) groups is 2. The zero-order valence-electron chi connectivity index (χ0n) is 21.6. The van der Waals surface area contributed by atoms with Crippen LogP contribution >= 0.6 is 0 Å². The number of amides is 2. The first kappa shape index (κ1) is 25.3. The summed E-state index contributed by atoms with van der Waals surface area (Å²) >= 11 is 0. The molecule has 2 fully saturated rings. The minimum Gasteiger partial charge on any atom is -0.376 e. The molecule has 194 valence electrons. The van der Waals surface area contributed by atoms with Gasteiger partial charge in [0.15, 0.2) is 0 Å². The van der Waals surface area contributed by atoms with E-state index < -0.39 is 6.04 Å². The van der Waals surface area contributed by atoms with Crippen molar-refractivity contribution < 1.29 is 14.3 Å². The molecule has 1 saturated heterocycles. The van der Waals surface area contributed by atoms with Crippen molar-refractivity contribution in [3.63, 3.8) is 0 Å². The molecular formula is C31H37N3O3. The van der Waals surface area contributed by atoms with Crippen LogP contribution in [-0.4, -0.2) is 42.1 Å². The van der Waals surface area contributed by atoms with Crippen molar-refractivity contribution in [1.82, 2.24) is 10.3 Å². The van der Waals surface area contributed by atoms with Crippen LogP contribution in [0.15, 0.2) is 66.7 Å². The highest BCUT2D eigenvalue weighted by Crippen LogP contribution is 2.34. The van der Waals surface area contributed by atoms with E-state index in [0.717, 1.165) is 36.4 Å². The van der Waals surface area contributed by atoms with Gasteiger partial charge in [-0.15, -0.1) is 0 Å². The van der Waals surface area contributed by atoms with E-state index in [9.17, 15) is 9.59 Å². The monoisotopic (exact) mass is 499 g/mol. The summed E-state index contributed by atoms with van der Waals surface area (Å²) in [5, 5.41) is 3.01. The average molecular weight is 500 g/mol. The number of H-pyrrole nitrogens is 1. The number of rotatable bonds is 8. The summed E-state index contributed by atoms with van der Waals surface area (Å²) in [7, 11) is 0. The Morgan fingerprint density at radius 2 is 1.70 bits per heavy atom. The molecular weight excluding hydrogens is 462 g/mol. The summed E-state index contributed by atoms with van der Waals surface area (Å²) in [6.07, 6.45) is 8.31. The van der Waals surface area contributed by atoms with Crippen LogP contribution in [0.3, 0.4) is 0 Å². The molecule has 0 spiro atoms. The van der Waals surface area contributed by atoms with Gasteiger partial charge in [-0.2, -0.15) is 0 Å². The highest BCUT2D eigenvalue weighted by Gasteiger charge is 2.30. The SMILES string of the molecule is CC(C(=O)NCC1CCCO1)N(C(=O)c1ccc(-c2ccccc2)[nH]1)c1ccc(C2CCCCC2)cc1. The lowest BCUT2D eigenvalue weighted by atomic mass is 9.84. The minimum absolute atomic E-state index is 0.0481. The number of nitrogens with zero attached hydrogens (tertiary/aromatic N) is 1. The van der Waals surface area contributed by atoms with Crippen molar-refractivity contribution in [2.45, 2.75) is 69.9 Å². The van der Waals surface area contributed by atoms with Gasteiger partial charge in [0.05, 0.1) is 6.10 Å². The summed E-state index contributed by atoms with van der Waals surface area (Å²) in [4.78, 5) is 32.0. The molecule has 2 aromatic carbocycles. The molecule has 6 nitrogen and oxygen atoms in total. The van der Waals surface area contributed by atoms with Crippen molar-refractivity contribution in [1.29, 1.82) is 0 Å². The number of aromatic amines is 1. The zero-order chi connectivity index (χ0) is 25.6. The number of anilines is 1. The van der Waals surface area contributed by atoms with Crippen LogP contribution in [0.5, 0.6) is 0 Å². The molecule has 2 unspecified atom stereocenters. The summed E-state index contributed by atoms with van der Waals surface area (Å²) in [5.74, 6) is 0.165. The van der Waals surface area contributed by atoms with E-state index in [4.69, 9.17) is 4.74 Å². The van der Waals surface area contributed by atoms with Crippen LogP contribution < -0.4 is 10.2 Å². The third kappa shape index (κ3) is 5.96. The first-order valence-electron chi connectivity index (χ1n) is 13.7. The Morgan fingerprint density at radius 1 is 0.946 bits per heavy atom. The summed E-state index contributed by atoms with van der Waals surface area (Å²) in [5.41, 5.74) is 4.37. The number of nitrogens with one attached hydrogen (secondary N) is 2. The molecule has 6 heteroatoms. The van der Waals surface area contributed by atoms with Gasteiger partial charge in [0.1, 0.15) is 11.7 Å². The molecule has 2 aliphatic rings. The first-order chi connectivity index (χ1) is 18.1. The molecule has 2 heterocycles. The Kier molecular flexibility index (Phi) is 8.05. The van der Waals surface area contributed by atoms with Gasteiger partial charge >= 0.3 is 0 Å². The van der Waals surface area contributed by atoms with Crippen molar-refractivity contribution in [3.05, 3.63) is 78.0 Å². The summed E-state index contributed by atoms with van der Waals surface area (Å²) in [6, 6.07) is 21.2. The van der Waals surface area contributed by atoms with E-state index >= 15 is 0 Å². The van der Waals surface area contributed by atoms with E-state index in [2.05, 4.69) is 22.4 Å². The van der Waals surface area contributed by atoms with Gasteiger partial charge in [0.25, 0.3) is 5.91 Å². The van der Waals surface area contributed by atoms with Gasteiger partial charge in [-0.3, -0.25) is 14.5 Å². The Hall–Kier alpha value is -3.38. The van der Waals surface area contributed by atoms with E-state index in [1.807, 2.05) is 48.5 Å². The van der Waals surface area contributed by atoms with E-state index in [1.54, 1.807) is 17.9 Å². The van der Waals surface area contributed by atoms with Crippen LogP contribution in [-0.2, 0) is 9.53 Å². The van der Waals surface area contributed by atoms with Crippen molar-refractivity contribution >= 4 is 17.5 Å². The third-order valence-electron chi connectivity index (χ3n) is 7.76. The molecule has 5 rings (SSSR count). The lowest BCUT2D eigenvalue weighted by molar-refractivity contribution is -0.122. The van der Waals surface area contributed by atoms with Gasteiger partial charge in [-0.05, 0) is 73.9 Å². The molecule has 1 aromatic heterocycles. The van der Waals surface area contributed by atoms with Gasteiger partial charge in [0.2, 0.25) is 5.91 Å². The fourth-order valence-corrected chi connectivity index (χ4v) is 5.58. The maximum absolute atomic E-state index is 13.9. The smallest absolute Gasteiger partial charge is 0.275 e. The minimum atomic E-state index is -0.682. The summed E-state index contributed by atoms with van der Waals surface area (Å²) < 4.78 is 5.66. The molecule has 2 amide bonds. The van der Waals surface area contributed by atoms with E-state index in [-0.39, 0.29) is 17.9 Å². The highest BCUT2D eigenvalue weighted by molar-refractivity contribution is 6.09. The maximum atomic E-state index is 13.9. The molecule has 37 heavy (non-hydrogen) atoms. The van der Waals surface area contributed by atoms with Gasteiger partial charge in [-0.25, -0.2) is 0 Å². The van der Waals surface area contributed by atoms with Crippen LogP contribution in [0.4, 0.5) is 5.69 Å². The highest BCUT2D eigenvalue weighted by atomic mass is 16.5. The second-order valence-electron chi connectivity index (χ2n) is 10.3. The van der Waals surface area contributed by atoms with Crippen molar-refractivity contribution in [3.8, 4) is 11.3 Å². The fraction of sp³-hybridized carbons (Fsp3) is 0.419. The van der Waals surface area contributed by atoms with Crippen LogP contribution in [0.1, 0.15) is 73.8 Å². The largest absolute Gasteiger partial charge is 0.376 e. The third-order valence-corrected chi connectivity index (χ3v) is 7.76. The topological polar surface area (TPSA) is 74.4 Å². The van der Waals surface area contributed by atoms with E-state index in [1.165, 1.54) is 37.7 Å². The second-order valence-corrected chi connectivity index (χ2v) is 10.3. The zero-order valence-corrected chi connectivity index (χ0v) is 21.6. The number of hydrogen-bond acceptors (Lipinski definition) is 3. The van der Waals surface area contributed by atoms with E-state index in [0.29, 0.717) is 18.2 Å². The molecule has 2 N–H and O–H groups in total. The molecule has 0 radical (unpaired) electrons. The number of ether oxygens (including phenoxy) is 1. The number of carbonyl (C=O) groups excluding carboxylic acids is 2. The van der Waals surface area contributed by atoms with Crippen LogP contribution in [0.2, 0.25) is 0 Å². The molecule has 1 saturated carbocycles. The Morgan fingerprint density at radius 3 is 2.41 bits per heavy atom. The predicted octanol–water partition coefficient (Wildman–Crippen LogP) is 6.06. The van der Waals surface area contributed by atoms with Gasteiger partial charge < -0.3 is 15.0 Å². The molecule has 2 atom stereocenters. The molecule has 1 aliphatic heterocycles.